The number of carbonyl (C=O) groups excluding carboxylic acids is 4. The first-order valence-electron chi connectivity index (χ1n) is 25.6. The SMILES string of the molecule is CC(C)C1=C2[C@H]3CC[C@@H]4[C@@]5(C)CC[C@H](OC(=O)[C@H]6C[C@@H](C(=O)O)C6(C)C)C(C)(C)[C@@H]5CC[C@@]4(C)[C@]3(C)CC[C@@]2(NC(=O)C(C)(C)NC(=O)c2cc(C(F)(F)F)nn2CCN2CCS(=O)(=O)CC2)CC1=O. The number of ether oxygens (including phenoxy) is 1. The van der Waals surface area contributed by atoms with E-state index in [-0.39, 0.29) is 113 Å². The Labute approximate surface area is 411 Å². The summed E-state index contributed by atoms with van der Waals surface area (Å²) >= 11 is 0. The minimum atomic E-state index is -4.85. The predicted molar refractivity (Wildman–Crippen MR) is 255 cm³/mol. The molecule has 1 saturated heterocycles. The molecule has 5 saturated carbocycles. The molecule has 70 heavy (non-hydrogen) atoms. The van der Waals surface area contributed by atoms with Crippen LogP contribution in [0.1, 0.15) is 157 Å². The Balaban J connectivity index is 1.01. The molecule has 6 fully saturated rings. The molecule has 0 radical (unpaired) electrons. The van der Waals surface area contributed by atoms with E-state index in [1.165, 1.54) is 13.8 Å². The van der Waals surface area contributed by atoms with Crippen LogP contribution in [0.25, 0.3) is 0 Å². The van der Waals surface area contributed by atoms with E-state index >= 15 is 0 Å². The summed E-state index contributed by atoms with van der Waals surface area (Å²) in [7, 11) is -3.19. The van der Waals surface area contributed by atoms with E-state index in [2.05, 4.69) is 50.4 Å². The fraction of sp³-hybridized carbons (Fsp3) is 0.808. The number of halogens is 3. The summed E-state index contributed by atoms with van der Waals surface area (Å²) in [5, 5.41) is 19.4. The lowest BCUT2D eigenvalue weighted by Crippen LogP contribution is -2.68. The Morgan fingerprint density at radius 2 is 1.53 bits per heavy atom. The summed E-state index contributed by atoms with van der Waals surface area (Å²) in [5.74, 6) is -3.39. The molecule has 7 aliphatic rings. The van der Waals surface area contributed by atoms with E-state index in [1.807, 2.05) is 27.7 Å². The third kappa shape index (κ3) is 8.35. The highest BCUT2D eigenvalue weighted by atomic mass is 32.2. The van der Waals surface area contributed by atoms with Gasteiger partial charge in [-0.1, -0.05) is 62.3 Å². The molecule has 2 heterocycles. The molecule has 0 bridgehead atoms. The number of carboxylic acid groups (broad SMARTS) is 1. The number of hydrogen-bond acceptors (Lipinski definition) is 10. The maximum atomic E-state index is 14.7. The van der Waals surface area contributed by atoms with E-state index in [0.717, 1.165) is 54.4 Å². The second-order valence-corrected chi connectivity index (χ2v) is 27.5. The molecule has 3 N–H and O–H groups in total. The fourth-order valence-corrected chi connectivity index (χ4v) is 17.1. The maximum Gasteiger partial charge on any atom is 0.435 e. The number of amides is 2. The molecule has 1 aromatic heterocycles. The molecule has 0 spiro atoms. The molecule has 0 unspecified atom stereocenters. The van der Waals surface area contributed by atoms with Crippen LogP contribution in [0.4, 0.5) is 13.2 Å². The van der Waals surface area contributed by atoms with Crippen molar-refractivity contribution in [2.75, 3.05) is 31.1 Å². The summed E-state index contributed by atoms with van der Waals surface area (Å²) in [6, 6.07) is 0.665. The number of hydrogen-bond donors (Lipinski definition) is 3. The quantitative estimate of drug-likeness (QED) is 0.185. The summed E-state index contributed by atoms with van der Waals surface area (Å²) in [6.45, 7) is 22.9. The molecule has 1 aliphatic heterocycles. The van der Waals surface area contributed by atoms with Gasteiger partial charge in [-0.05, 0) is 128 Å². The van der Waals surface area contributed by atoms with Crippen molar-refractivity contribution in [3.05, 3.63) is 28.6 Å². The van der Waals surface area contributed by atoms with Gasteiger partial charge in [0.15, 0.2) is 21.3 Å². The van der Waals surface area contributed by atoms with Gasteiger partial charge < -0.3 is 20.5 Å². The highest BCUT2D eigenvalue weighted by Crippen LogP contribution is 2.76. The van der Waals surface area contributed by atoms with Crippen LogP contribution in [0.2, 0.25) is 0 Å². The summed E-state index contributed by atoms with van der Waals surface area (Å²) in [6.07, 6.45) is 1.66. The van der Waals surface area contributed by atoms with Gasteiger partial charge in [-0.3, -0.25) is 33.6 Å². The number of allylic oxidation sites excluding steroid dienone is 1. The first kappa shape index (κ1) is 52.5. The van der Waals surface area contributed by atoms with Gasteiger partial charge in [0.2, 0.25) is 5.91 Å². The number of carbonyl (C=O) groups is 5. The lowest BCUT2D eigenvalue weighted by molar-refractivity contribution is -0.235. The number of nitrogens with zero attached hydrogens (tertiary/aromatic N) is 3. The number of alkyl halides is 3. The zero-order valence-electron chi connectivity index (χ0n) is 43.0. The third-order valence-electron chi connectivity index (χ3n) is 20.2. The van der Waals surface area contributed by atoms with Gasteiger partial charge >= 0.3 is 18.1 Å². The van der Waals surface area contributed by atoms with Gasteiger partial charge in [-0.15, -0.1) is 0 Å². The Morgan fingerprint density at radius 3 is 2.13 bits per heavy atom. The number of sulfone groups is 1. The predicted octanol–water partition coefficient (Wildman–Crippen LogP) is 7.65. The van der Waals surface area contributed by atoms with Crippen LogP contribution < -0.4 is 10.6 Å². The van der Waals surface area contributed by atoms with Crippen molar-refractivity contribution in [2.45, 2.75) is 170 Å². The molecule has 8 rings (SSSR count). The zero-order chi connectivity index (χ0) is 51.7. The molecule has 18 heteroatoms. The van der Waals surface area contributed by atoms with E-state index in [4.69, 9.17) is 4.74 Å². The second-order valence-electron chi connectivity index (χ2n) is 25.2. The van der Waals surface area contributed by atoms with Crippen molar-refractivity contribution in [1.82, 2.24) is 25.3 Å². The molecule has 0 aromatic carbocycles. The number of fused-ring (bicyclic) bond motifs is 7. The number of aromatic nitrogens is 2. The number of nitrogens with one attached hydrogen (secondary N) is 2. The molecule has 6 aliphatic carbocycles. The van der Waals surface area contributed by atoms with E-state index in [9.17, 15) is 50.7 Å². The smallest absolute Gasteiger partial charge is 0.435 e. The number of aliphatic carboxylic acids is 1. The Bertz CT molecular complexity index is 2480. The van der Waals surface area contributed by atoms with Crippen LogP contribution in [-0.4, -0.2) is 106 Å². The number of Topliss-reactive ketones (excluding diaryl/α,β-unsaturated/α-hetero) is 1. The topological polar surface area (TPSA) is 194 Å². The van der Waals surface area contributed by atoms with Crippen molar-refractivity contribution in [3.63, 3.8) is 0 Å². The van der Waals surface area contributed by atoms with Gasteiger partial charge in [0.05, 0.1) is 35.4 Å². The normalized spacial score (nSPS) is 36.8. The van der Waals surface area contributed by atoms with Crippen LogP contribution in [0.15, 0.2) is 17.2 Å². The second kappa shape index (κ2) is 17.1. The largest absolute Gasteiger partial charge is 0.481 e. The summed E-state index contributed by atoms with van der Waals surface area (Å²) in [5.41, 5.74) is -4.03. The van der Waals surface area contributed by atoms with E-state index in [1.54, 1.807) is 4.90 Å². The van der Waals surface area contributed by atoms with Gasteiger partial charge in [0, 0.05) is 37.5 Å². The van der Waals surface area contributed by atoms with Crippen molar-refractivity contribution in [1.29, 1.82) is 0 Å². The highest BCUT2D eigenvalue weighted by Gasteiger charge is 2.71. The third-order valence-corrected chi connectivity index (χ3v) is 21.8. The molecule has 2 amide bonds. The summed E-state index contributed by atoms with van der Waals surface area (Å²) < 4.78 is 73.3. The first-order valence-corrected chi connectivity index (χ1v) is 27.4. The minimum absolute atomic E-state index is 0.00684. The van der Waals surface area contributed by atoms with Crippen LogP contribution in [0.5, 0.6) is 0 Å². The lowest BCUT2D eigenvalue weighted by Gasteiger charge is -2.72. The van der Waals surface area contributed by atoms with Crippen molar-refractivity contribution < 1.29 is 55.4 Å². The molecule has 390 valence electrons. The Hall–Kier alpha value is -3.80. The fourth-order valence-electron chi connectivity index (χ4n) is 15.8. The molecule has 14 nitrogen and oxygen atoms in total. The van der Waals surface area contributed by atoms with Crippen LogP contribution in [0.3, 0.4) is 0 Å². The number of esters is 1. The van der Waals surface area contributed by atoms with Crippen molar-refractivity contribution in [2.24, 2.45) is 62.6 Å². The average molecular weight is 1000 g/mol. The zero-order valence-corrected chi connectivity index (χ0v) is 43.8. The summed E-state index contributed by atoms with van der Waals surface area (Å²) in [4.78, 5) is 70.4. The number of rotatable bonds is 11. The maximum absolute atomic E-state index is 14.7. The van der Waals surface area contributed by atoms with Gasteiger partial charge in [0.25, 0.3) is 5.91 Å². The molecule has 1 aromatic rings. The van der Waals surface area contributed by atoms with Gasteiger partial charge in [0.1, 0.15) is 17.3 Å². The standard InChI is InChI=1S/C52H76F3N5O9S/c1-29(2)39-34(61)28-51(57-44(66)47(7,8)56-41(62)33-27-37(52(53,54)55)58-60(33)21-20-59-22-24-70(67,68)25-23-59)19-18-49(10)30(40(39)51)12-13-36-48(9)16-15-38(46(5,6)35(48)14-17-50(36,49)11)69-43(65)32-26-31(42(63)64)45(32,3)4/h27,29-32,35-36,38H,12-26,28H2,1-11H3,(H,56,62)(H,57,66)(H,63,64)/t30-,31+,32-,35+,36-,38+,48+,49-,50-,51-/m1/s1. The average Bonchev–Trinajstić information content (AvgIpc) is 3.80. The Kier molecular flexibility index (Phi) is 12.9. The van der Waals surface area contributed by atoms with Gasteiger partial charge in [-0.2, -0.15) is 18.3 Å². The van der Waals surface area contributed by atoms with Crippen LogP contribution in [0, 0.1) is 62.6 Å². The van der Waals surface area contributed by atoms with Crippen LogP contribution >= 0.6 is 0 Å². The highest BCUT2D eigenvalue weighted by molar-refractivity contribution is 7.91. The number of carboxylic acids is 1. The molecule has 10 atom stereocenters. The minimum Gasteiger partial charge on any atom is -0.481 e. The van der Waals surface area contributed by atoms with E-state index in [0.29, 0.717) is 24.8 Å². The molecular weight excluding hydrogens is 928 g/mol. The van der Waals surface area contributed by atoms with Crippen LogP contribution in [-0.2, 0) is 46.5 Å². The molecular formula is C52H76F3N5O9S. The first-order chi connectivity index (χ1) is 32.1. The van der Waals surface area contributed by atoms with Crippen molar-refractivity contribution in [3.8, 4) is 0 Å². The monoisotopic (exact) mass is 1000 g/mol. The lowest BCUT2D eigenvalue weighted by atomic mass is 9.33. The number of ketones is 1. The van der Waals surface area contributed by atoms with Gasteiger partial charge in [-0.25, -0.2) is 8.42 Å². The Morgan fingerprint density at radius 1 is 0.871 bits per heavy atom. The van der Waals surface area contributed by atoms with E-state index < -0.39 is 67.8 Å². The van der Waals surface area contributed by atoms with Crippen molar-refractivity contribution >= 4 is 39.4 Å².